The zero-order valence-electron chi connectivity index (χ0n) is 8.74. The first-order valence-electron chi connectivity index (χ1n) is 4.59. The molecular formula is C11H15NO2. The molecular weight excluding hydrogens is 178 g/mol. The van der Waals surface area contributed by atoms with E-state index in [0.717, 1.165) is 12.0 Å². The van der Waals surface area contributed by atoms with E-state index in [1.165, 1.54) is 4.90 Å². The van der Waals surface area contributed by atoms with Crippen LogP contribution in [-0.2, 0) is 6.42 Å². The minimum Gasteiger partial charge on any atom is -0.508 e. The number of aromatic hydroxyl groups is 1. The third-order valence-corrected chi connectivity index (χ3v) is 2.11. The molecule has 0 saturated heterocycles. The smallest absolute Gasteiger partial charge is 0.253 e. The molecule has 0 unspecified atom stereocenters. The number of phenols is 1. The van der Waals surface area contributed by atoms with Gasteiger partial charge in [-0.1, -0.05) is 6.92 Å². The molecule has 0 radical (unpaired) electrons. The molecule has 0 heterocycles. The van der Waals surface area contributed by atoms with Crippen molar-refractivity contribution in [3.8, 4) is 5.75 Å². The van der Waals surface area contributed by atoms with Gasteiger partial charge in [0.15, 0.2) is 0 Å². The molecule has 1 amide bonds. The second-order valence-corrected chi connectivity index (χ2v) is 3.40. The summed E-state index contributed by atoms with van der Waals surface area (Å²) in [6, 6.07) is 4.93. The van der Waals surface area contributed by atoms with Gasteiger partial charge < -0.3 is 10.0 Å². The molecule has 76 valence electrons. The third-order valence-electron chi connectivity index (χ3n) is 2.11. The summed E-state index contributed by atoms with van der Waals surface area (Å²) in [6.07, 6.45) is 0.723. The van der Waals surface area contributed by atoms with Crippen LogP contribution in [0.3, 0.4) is 0 Å². The van der Waals surface area contributed by atoms with Crippen molar-refractivity contribution in [2.24, 2.45) is 0 Å². The lowest BCUT2D eigenvalue weighted by Crippen LogP contribution is -2.21. The first-order valence-corrected chi connectivity index (χ1v) is 4.59. The van der Waals surface area contributed by atoms with Gasteiger partial charge >= 0.3 is 0 Å². The predicted octanol–water partition coefficient (Wildman–Crippen LogP) is 1.66. The van der Waals surface area contributed by atoms with Crippen LogP contribution in [0.2, 0.25) is 0 Å². The van der Waals surface area contributed by atoms with Gasteiger partial charge in [0.05, 0.1) is 0 Å². The summed E-state index contributed by atoms with van der Waals surface area (Å²) in [5.41, 5.74) is 1.42. The molecule has 0 aliphatic heterocycles. The van der Waals surface area contributed by atoms with E-state index in [-0.39, 0.29) is 11.7 Å². The fraction of sp³-hybridized carbons (Fsp3) is 0.364. The molecule has 1 rings (SSSR count). The van der Waals surface area contributed by atoms with Crippen molar-refractivity contribution in [2.45, 2.75) is 13.3 Å². The van der Waals surface area contributed by atoms with Crippen LogP contribution in [0.1, 0.15) is 22.8 Å². The van der Waals surface area contributed by atoms with Crippen molar-refractivity contribution in [2.75, 3.05) is 14.1 Å². The molecule has 0 spiro atoms. The van der Waals surface area contributed by atoms with Crippen LogP contribution in [0.5, 0.6) is 5.75 Å². The van der Waals surface area contributed by atoms with Gasteiger partial charge in [-0.05, 0) is 30.2 Å². The average molecular weight is 193 g/mol. The maximum absolute atomic E-state index is 11.6. The van der Waals surface area contributed by atoms with Gasteiger partial charge in [-0.3, -0.25) is 4.79 Å². The lowest BCUT2D eigenvalue weighted by molar-refractivity contribution is 0.0827. The highest BCUT2D eigenvalue weighted by atomic mass is 16.3. The summed E-state index contributed by atoms with van der Waals surface area (Å²) in [5.74, 6) is 0.211. The Kier molecular flexibility index (Phi) is 3.12. The molecule has 14 heavy (non-hydrogen) atoms. The van der Waals surface area contributed by atoms with Crippen molar-refractivity contribution < 1.29 is 9.90 Å². The lowest BCUT2D eigenvalue weighted by Gasteiger charge is -2.11. The van der Waals surface area contributed by atoms with E-state index in [9.17, 15) is 9.90 Å². The Morgan fingerprint density at radius 2 is 2.07 bits per heavy atom. The Balaban J connectivity index is 3.06. The zero-order chi connectivity index (χ0) is 10.7. The predicted molar refractivity (Wildman–Crippen MR) is 55.5 cm³/mol. The van der Waals surface area contributed by atoms with Crippen LogP contribution in [0.15, 0.2) is 18.2 Å². The molecule has 0 atom stereocenters. The summed E-state index contributed by atoms with van der Waals surface area (Å²) < 4.78 is 0. The fourth-order valence-electron chi connectivity index (χ4n) is 1.26. The molecule has 0 aliphatic rings. The first kappa shape index (κ1) is 10.6. The summed E-state index contributed by atoms with van der Waals surface area (Å²) in [5, 5.41) is 9.43. The van der Waals surface area contributed by atoms with E-state index in [4.69, 9.17) is 0 Å². The van der Waals surface area contributed by atoms with Gasteiger partial charge in [0, 0.05) is 19.7 Å². The maximum atomic E-state index is 11.6. The van der Waals surface area contributed by atoms with Crippen molar-refractivity contribution in [1.82, 2.24) is 4.90 Å². The monoisotopic (exact) mass is 193 g/mol. The van der Waals surface area contributed by atoms with Gasteiger partial charge in [-0.2, -0.15) is 0 Å². The van der Waals surface area contributed by atoms with E-state index in [2.05, 4.69) is 0 Å². The summed E-state index contributed by atoms with van der Waals surface area (Å²) >= 11 is 0. The van der Waals surface area contributed by atoms with Crippen LogP contribution in [0.4, 0.5) is 0 Å². The van der Waals surface area contributed by atoms with Crippen LogP contribution in [0.25, 0.3) is 0 Å². The van der Waals surface area contributed by atoms with E-state index in [0.29, 0.717) is 5.56 Å². The maximum Gasteiger partial charge on any atom is 0.253 e. The lowest BCUT2D eigenvalue weighted by atomic mass is 10.1. The largest absolute Gasteiger partial charge is 0.508 e. The summed E-state index contributed by atoms with van der Waals surface area (Å²) in [4.78, 5) is 13.1. The number of benzene rings is 1. The number of carbonyl (C=O) groups is 1. The number of nitrogens with zero attached hydrogens (tertiary/aromatic N) is 1. The van der Waals surface area contributed by atoms with Crippen molar-refractivity contribution in [3.05, 3.63) is 29.3 Å². The molecule has 1 N–H and O–H groups in total. The highest BCUT2D eigenvalue weighted by Crippen LogP contribution is 2.19. The Bertz CT molecular complexity index is 345. The molecule has 0 aliphatic carbocycles. The highest BCUT2D eigenvalue weighted by Gasteiger charge is 2.09. The Morgan fingerprint density at radius 3 is 2.57 bits per heavy atom. The molecule has 1 aromatic rings. The Hall–Kier alpha value is -1.51. The number of hydrogen-bond acceptors (Lipinski definition) is 2. The van der Waals surface area contributed by atoms with E-state index >= 15 is 0 Å². The minimum atomic E-state index is -0.0419. The number of hydrogen-bond donors (Lipinski definition) is 1. The van der Waals surface area contributed by atoms with Crippen molar-refractivity contribution in [1.29, 1.82) is 0 Å². The topological polar surface area (TPSA) is 40.5 Å². The van der Waals surface area contributed by atoms with Gasteiger partial charge in [0.1, 0.15) is 5.75 Å². The third kappa shape index (κ3) is 2.05. The first-order chi connectivity index (χ1) is 6.56. The molecule has 1 aromatic carbocycles. The molecule has 0 fully saturated rings. The van der Waals surface area contributed by atoms with Crippen molar-refractivity contribution in [3.63, 3.8) is 0 Å². The second kappa shape index (κ2) is 4.13. The molecule has 0 aromatic heterocycles. The zero-order valence-corrected chi connectivity index (χ0v) is 8.74. The molecule has 3 nitrogen and oxygen atoms in total. The fourth-order valence-corrected chi connectivity index (χ4v) is 1.26. The minimum absolute atomic E-state index is 0.0419. The molecule has 3 heteroatoms. The van der Waals surface area contributed by atoms with Crippen LogP contribution in [0, 0.1) is 0 Å². The summed E-state index contributed by atoms with van der Waals surface area (Å²) in [6.45, 7) is 1.94. The molecule has 0 saturated carbocycles. The Morgan fingerprint density at radius 1 is 1.43 bits per heavy atom. The van der Waals surface area contributed by atoms with Crippen LogP contribution >= 0.6 is 0 Å². The number of rotatable bonds is 2. The molecule has 0 bridgehead atoms. The van der Waals surface area contributed by atoms with Crippen LogP contribution in [-0.4, -0.2) is 30.0 Å². The second-order valence-electron chi connectivity index (χ2n) is 3.40. The van der Waals surface area contributed by atoms with Gasteiger partial charge in [-0.25, -0.2) is 0 Å². The number of aryl methyl sites for hydroxylation is 1. The SMILES string of the molecule is CCc1cc(C(=O)N(C)C)ccc1O. The Labute approximate surface area is 84.0 Å². The van der Waals surface area contributed by atoms with Gasteiger partial charge in [0.2, 0.25) is 0 Å². The van der Waals surface area contributed by atoms with E-state index in [1.807, 2.05) is 6.92 Å². The highest BCUT2D eigenvalue weighted by molar-refractivity contribution is 5.94. The van der Waals surface area contributed by atoms with Gasteiger partial charge in [-0.15, -0.1) is 0 Å². The average Bonchev–Trinajstić information content (AvgIpc) is 2.17. The van der Waals surface area contributed by atoms with E-state index in [1.54, 1.807) is 32.3 Å². The van der Waals surface area contributed by atoms with E-state index < -0.39 is 0 Å². The quantitative estimate of drug-likeness (QED) is 0.776. The van der Waals surface area contributed by atoms with Gasteiger partial charge in [0.25, 0.3) is 5.91 Å². The van der Waals surface area contributed by atoms with Crippen LogP contribution < -0.4 is 0 Å². The number of phenolic OH excluding ortho intramolecular Hbond substituents is 1. The summed E-state index contributed by atoms with van der Waals surface area (Å²) in [7, 11) is 3.42. The van der Waals surface area contributed by atoms with Crippen molar-refractivity contribution >= 4 is 5.91 Å². The standard InChI is InChI=1S/C11H15NO2/c1-4-8-7-9(5-6-10(8)13)11(14)12(2)3/h5-7,13H,4H2,1-3H3. The normalized spacial score (nSPS) is 9.93. The number of amides is 1. The number of carbonyl (C=O) groups excluding carboxylic acids is 1.